The summed E-state index contributed by atoms with van der Waals surface area (Å²) < 4.78 is 0. The van der Waals surface area contributed by atoms with Crippen molar-refractivity contribution in [2.45, 2.75) is 43.9 Å². The Morgan fingerprint density at radius 3 is 2.54 bits per heavy atom. The van der Waals surface area contributed by atoms with E-state index in [-0.39, 0.29) is 18.4 Å². The SMILES string of the molecule is NC(=O)CNC(=O)c1ccc(CNC(=O)CCCCC2CCSS2)cc1. The molecule has 1 unspecified atom stereocenters. The molecule has 1 saturated heterocycles. The molecular weight excluding hydrogens is 370 g/mol. The third kappa shape index (κ3) is 7.70. The Hall–Kier alpha value is -1.67. The second kappa shape index (κ2) is 11.1. The molecular formula is C18H25N3O3S2. The lowest BCUT2D eigenvalue weighted by Crippen LogP contribution is -2.33. The number of amides is 3. The van der Waals surface area contributed by atoms with Crippen LogP contribution in [0, 0.1) is 0 Å². The number of benzene rings is 1. The van der Waals surface area contributed by atoms with Crippen molar-refractivity contribution >= 4 is 39.3 Å². The minimum atomic E-state index is -0.585. The molecule has 0 aromatic heterocycles. The normalized spacial score (nSPS) is 16.2. The van der Waals surface area contributed by atoms with Gasteiger partial charge in [-0.3, -0.25) is 14.4 Å². The third-order valence-corrected chi connectivity index (χ3v) is 7.04. The number of carbonyl (C=O) groups excluding carboxylic acids is 3. The van der Waals surface area contributed by atoms with Crippen molar-refractivity contribution in [2.24, 2.45) is 5.73 Å². The van der Waals surface area contributed by atoms with E-state index < -0.39 is 5.91 Å². The Labute approximate surface area is 161 Å². The zero-order valence-electron chi connectivity index (χ0n) is 14.7. The monoisotopic (exact) mass is 395 g/mol. The maximum atomic E-state index is 11.9. The molecule has 6 nitrogen and oxygen atoms in total. The molecule has 3 amide bonds. The van der Waals surface area contributed by atoms with Gasteiger partial charge in [0.25, 0.3) is 5.91 Å². The summed E-state index contributed by atoms with van der Waals surface area (Å²) in [4.78, 5) is 34.3. The molecule has 1 atom stereocenters. The molecule has 1 fully saturated rings. The molecule has 0 bridgehead atoms. The van der Waals surface area contributed by atoms with Crippen LogP contribution in [-0.2, 0) is 16.1 Å². The predicted molar refractivity (Wildman–Crippen MR) is 107 cm³/mol. The fourth-order valence-electron chi connectivity index (χ4n) is 2.55. The van der Waals surface area contributed by atoms with E-state index >= 15 is 0 Å². The van der Waals surface area contributed by atoms with E-state index in [2.05, 4.69) is 10.6 Å². The third-order valence-electron chi connectivity index (χ3n) is 4.04. The van der Waals surface area contributed by atoms with E-state index in [1.54, 1.807) is 24.3 Å². The highest BCUT2D eigenvalue weighted by atomic mass is 33.1. The smallest absolute Gasteiger partial charge is 0.251 e. The molecule has 2 rings (SSSR count). The first-order chi connectivity index (χ1) is 12.5. The maximum absolute atomic E-state index is 11.9. The van der Waals surface area contributed by atoms with Crippen molar-refractivity contribution in [2.75, 3.05) is 12.3 Å². The quantitative estimate of drug-likeness (QED) is 0.417. The standard InChI is InChI=1S/C18H25N3O3S2/c19-16(22)12-21-18(24)14-7-5-13(6-8-14)11-20-17(23)4-2-1-3-15-9-10-25-26-15/h5-8,15H,1-4,9-12H2,(H2,19,22)(H,20,23)(H,21,24). The zero-order valence-corrected chi connectivity index (χ0v) is 16.3. The molecule has 1 aromatic rings. The predicted octanol–water partition coefficient (Wildman–Crippen LogP) is 2.23. The van der Waals surface area contributed by atoms with Crippen molar-refractivity contribution in [3.8, 4) is 0 Å². The van der Waals surface area contributed by atoms with E-state index in [0.29, 0.717) is 18.5 Å². The number of hydrogen-bond acceptors (Lipinski definition) is 5. The van der Waals surface area contributed by atoms with Gasteiger partial charge in [-0.1, -0.05) is 40.1 Å². The first-order valence-corrected chi connectivity index (χ1v) is 11.1. The second-order valence-corrected chi connectivity index (χ2v) is 8.98. The van der Waals surface area contributed by atoms with Gasteiger partial charge in [-0.15, -0.1) is 0 Å². The fraction of sp³-hybridized carbons (Fsp3) is 0.500. The highest BCUT2D eigenvalue weighted by Crippen LogP contribution is 2.39. The number of primary amides is 1. The van der Waals surface area contributed by atoms with E-state index in [1.807, 2.05) is 21.6 Å². The molecule has 1 aliphatic heterocycles. The topological polar surface area (TPSA) is 101 Å². The first kappa shape index (κ1) is 20.6. The van der Waals surface area contributed by atoms with Crippen LogP contribution < -0.4 is 16.4 Å². The van der Waals surface area contributed by atoms with Crippen LogP contribution in [0.5, 0.6) is 0 Å². The van der Waals surface area contributed by atoms with Gasteiger partial charge in [-0.25, -0.2) is 0 Å². The van der Waals surface area contributed by atoms with E-state index in [1.165, 1.54) is 18.6 Å². The Morgan fingerprint density at radius 1 is 1.12 bits per heavy atom. The van der Waals surface area contributed by atoms with Crippen LogP contribution >= 0.6 is 21.6 Å². The van der Waals surface area contributed by atoms with Crippen LogP contribution in [0.1, 0.15) is 48.0 Å². The number of nitrogens with one attached hydrogen (secondary N) is 2. The average molecular weight is 396 g/mol. The lowest BCUT2D eigenvalue weighted by Gasteiger charge is -2.08. The average Bonchev–Trinajstić information content (AvgIpc) is 3.15. The highest BCUT2D eigenvalue weighted by Gasteiger charge is 2.15. The summed E-state index contributed by atoms with van der Waals surface area (Å²) in [7, 11) is 3.93. The Kier molecular flexibility index (Phi) is 8.84. The van der Waals surface area contributed by atoms with Crippen molar-refractivity contribution in [3.63, 3.8) is 0 Å². The summed E-state index contributed by atoms with van der Waals surface area (Å²) in [6, 6.07) is 6.90. The van der Waals surface area contributed by atoms with Crippen molar-refractivity contribution in [1.82, 2.24) is 10.6 Å². The summed E-state index contributed by atoms with van der Waals surface area (Å²) in [5, 5.41) is 6.10. The van der Waals surface area contributed by atoms with Crippen LogP contribution in [-0.4, -0.2) is 35.3 Å². The first-order valence-electron chi connectivity index (χ1n) is 8.75. The van der Waals surface area contributed by atoms with Crippen LogP contribution in [0.15, 0.2) is 24.3 Å². The van der Waals surface area contributed by atoms with Gasteiger partial charge in [0.1, 0.15) is 0 Å². The van der Waals surface area contributed by atoms with Crippen molar-refractivity contribution < 1.29 is 14.4 Å². The van der Waals surface area contributed by atoms with E-state index in [0.717, 1.165) is 23.7 Å². The number of unbranched alkanes of at least 4 members (excludes halogenated alkanes) is 1. The van der Waals surface area contributed by atoms with Crippen LogP contribution in [0.25, 0.3) is 0 Å². The molecule has 0 saturated carbocycles. The molecule has 26 heavy (non-hydrogen) atoms. The van der Waals surface area contributed by atoms with Gasteiger partial charge in [0, 0.05) is 29.5 Å². The Bertz CT molecular complexity index is 617. The maximum Gasteiger partial charge on any atom is 0.251 e. The molecule has 1 heterocycles. The Morgan fingerprint density at radius 2 is 1.88 bits per heavy atom. The summed E-state index contributed by atoms with van der Waals surface area (Å²) in [6.45, 7) is 0.256. The minimum Gasteiger partial charge on any atom is -0.368 e. The molecule has 0 aliphatic carbocycles. The lowest BCUT2D eigenvalue weighted by molar-refractivity contribution is -0.121. The minimum absolute atomic E-state index is 0.0572. The molecule has 0 radical (unpaired) electrons. The molecule has 0 spiro atoms. The van der Waals surface area contributed by atoms with E-state index in [9.17, 15) is 14.4 Å². The Balaban J connectivity index is 1.62. The van der Waals surface area contributed by atoms with Gasteiger partial charge in [0.2, 0.25) is 11.8 Å². The molecule has 1 aromatic carbocycles. The van der Waals surface area contributed by atoms with Crippen molar-refractivity contribution in [1.29, 1.82) is 0 Å². The number of carbonyl (C=O) groups is 3. The highest BCUT2D eigenvalue weighted by molar-refractivity contribution is 8.77. The fourth-order valence-corrected chi connectivity index (χ4v) is 5.58. The van der Waals surface area contributed by atoms with Crippen LogP contribution in [0.2, 0.25) is 0 Å². The zero-order chi connectivity index (χ0) is 18.8. The number of hydrogen-bond donors (Lipinski definition) is 3. The van der Waals surface area contributed by atoms with Crippen LogP contribution in [0.4, 0.5) is 0 Å². The van der Waals surface area contributed by atoms with Gasteiger partial charge in [0.05, 0.1) is 6.54 Å². The van der Waals surface area contributed by atoms with Crippen LogP contribution in [0.3, 0.4) is 0 Å². The van der Waals surface area contributed by atoms with Gasteiger partial charge in [0.15, 0.2) is 0 Å². The summed E-state index contributed by atoms with van der Waals surface area (Å²) in [6.07, 6.45) is 5.06. The summed E-state index contributed by atoms with van der Waals surface area (Å²) >= 11 is 0. The molecule has 1 aliphatic rings. The number of rotatable bonds is 10. The summed E-state index contributed by atoms with van der Waals surface area (Å²) in [5.41, 5.74) is 6.36. The van der Waals surface area contributed by atoms with Gasteiger partial charge >= 0.3 is 0 Å². The van der Waals surface area contributed by atoms with E-state index in [4.69, 9.17) is 5.73 Å². The lowest BCUT2D eigenvalue weighted by atomic mass is 10.1. The van der Waals surface area contributed by atoms with Gasteiger partial charge in [-0.05, 0) is 37.0 Å². The van der Waals surface area contributed by atoms with Crippen molar-refractivity contribution in [3.05, 3.63) is 35.4 Å². The number of nitrogens with two attached hydrogens (primary N) is 1. The van der Waals surface area contributed by atoms with Gasteiger partial charge in [-0.2, -0.15) is 0 Å². The molecule has 8 heteroatoms. The largest absolute Gasteiger partial charge is 0.368 e. The molecule has 142 valence electrons. The molecule has 4 N–H and O–H groups in total. The van der Waals surface area contributed by atoms with Gasteiger partial charge < -0.3 is 16.4 Å². The second-order valence-electron chi connectivity index (χ2n) is 6.20. The summed E-state index contributed by atoms with van der Waals surface area (Å²) in [5.74, 6) is 0.375.